The summed E-state index contributed by atoms with van der Waals surface area (Å²) in [4.78, 5) is 0. The van der Waals surface area contributed by atoms with Gasteiger partial charge in [-0.3, -0.25) is 0 Å². The first kappa shape index (κ1) is 11.0. The monoisotopic (exact) mass is 157 g/mol. The zero-order valence-electron chi connectivity index (χ0n) is 8.27. The molecule has 0 aromatic rings. The van der Waals surface area contributed by atoms with Crippen LogP contribution in [-0.2, 0) is 0 Å². The molecule has 0 aliphatic carbocycles. The van der Waals surface area contributed by atoms with Crippen molar-refractivity contribution in [2.45, 2.75) is 46.5 Å². The number of nitrogens with two attached hydrogens (primary N) is 1. The normalized spacial score (nSPS) is 16.4. The summed E-state index contributed by atoms with van der Waals surface area (Å²) < 4.78 is 0. The van der Waals surface area contributed by atoms with Gasteiger partial charge in [-0.05, 0) is 24.8 Å². The van der Waals surface area contributed by atoms with Crippen molar-refractivity contribution in [3.05, 3.63) is 0 Å². The van der Waals surface area contributed by atoms with Crippen molar-refractivity contribution in [3.63, 3.8) is 0 Å². The molecular formula is C10H23N. The Labute approximate surface area is 71.4 Å². The molecule has 0 aromatic heterocycles. The second-order valence-corrected chi connectivity index (χ2v) is 3.81. The van der Waals surface area contributed by atoms with Crippen LogP contribution in [-0.4, -0.2) is 6.54 Å². The zero-order chi connectivity index (χ0) is 8.69. The third-order valence-electron chi connectivity index (χ3n) is 2.34. The van der Waals surface area contributed by atoms with Gasteiger partial charge in [0.25, 0.3) is 0 Å². The number of rotatable bonds is 6. The highest BCUT2D eigenvalue weighted by atomic mass is 14.5. The Bertz CT molecular complexity index is 80.9. The van der Waals surface area contributed by atoms with E-state index in [0.717, 1.165) is 12.5 Å². The van der Waals surface area contributed by atoms with Gasteiger partial charge in [0, 0.05) is 0 Å². The number of hydrogen-bond acceptors (Lipinski definition) is 1. The van der Waals surface area contributed by atoms with Crippen LogP contribution in [0.15, 0.2) is 0 Å². The van der Waals surface area contributed by atoms with Crippen molar-refractivity contribution in [1.29, 1.82) is 0 Å². The molecule has 0 aliphatic rings. The molecule has 0 aliphatic heterocycles. The van der Waals surface area contributed by atoms with Crippen LogP contribution in [0, 0.1) is 11.8 Å². The fraction of sp³-hybridized carbons (Fsp3) is 1.00. The van der Waals surface area contributed by atoms with Crippen LogP contribution in [0.1, 0.15) is 46.5 Å². The fourth-order valence-electron chi connectivity index (χ4n) is 1.32. The SMILES string of the molecule is CCCC(C)CCC(C)CN. The summed E-state index contributed by atoms with van der Waals surface area (Å²) in [5.41, 5.74) is 5.53. The van der Waals surface area contributed by atoms with Crippen molar-refractivity contribution < 1.29 is 0 Å². The first-order valence-corrected chi connectivity index (χ1v) is 4.90. The van der Waals surface area contributed by atoms with Crippen LogP contribution >= 0.6 is 0 Å². The molecule has 2 unspecified atom stereocenters. The molecule has 0 saturated heterocycles. The smallest absolute Gasteiger partial charge is 0.00515 e. The lowest BCUT2D eigenvalue weighted by Gasteiger charge is -2.12. The van der Waals surface area contributed by atoms with Crippen LogP contribution in [0.25, 0.3) is 0 Å². The molecule has 0 spiro atoms. The van der Waals surface area contributed by atoms with Gasteiger partial charge < -0.3 is 5.73 Å². The lowest BCUT2D eigenvalue weighted by molar-refractivity contribution is 0.414. The van der Waals surface area contributed by atoms with Crippen LogP contribution in [0.5, 0.6) is 0 Å². The van der Waals surface area contributed by atoms with Crippen molar-refractivity contribution in [1.82, 2.24) is 0 Å². The molecule has 2 atom stereocenters. The van der Waals surface area contributed by atoms with Crippen LogP contribution < -0.4 is 5.73 Å². The van der Waals surface area contributed by atoms with Crippen molar-refractivity contribution in [3.8, 4) is 0 Å². The molecular weight excluding hydrogens is 134 g/mol. The summed E-state index contributed by atoms with van der Waals surface area (Å²) in [5, 5.41) is 0. The lowest BCUT2D eigenvalue weighted by Crippen LogP contribution is -2.11. The molecule has 11 heavy (non-hydrogen) atoms. The van der Waals surface area contributed by atoms with Crippen molar-refractivity contribution in [2.24, 2.45) is 17.6 Å². The summed E-state index contributed by atoms with van der Waals surface area (Å²) in [6, 6.07) is 0. The number of hydrogen-bond donors (Lipinski definition) is 1. The molecule has 0 saturated carbocycles. The van der Waals surface area contributed by atoms with E-state index in [1.54, 1.807) is 0 Å². The molecule has 0 fully saturated rings. The van der Waals surface area contributed by atoms with Gasteiger partial charge in [0.2, 0.25) is 0 Å². The van der Waals surface area contributed by atoms with Crippen molar-refractivity contribution >= 4 is 0 Å². The predicted octanol–water partition coefficient (Wildman–Crippen LogP) is 2.80. The molecule has 1 heteroatoms. The van der Waals surface area contributed by atoms with Gasteiger partial charge >= 0.3 is 0 Å². The Morgan fingerprint density at radius 1 is 1.00 bits per heavy atom. The Kier molecular flexibility index (Phi) is 6.63. The van der Waals surface area contributed by atoms with Crippen LogP contribution in [0.3, 0.4) is 0 Å². The average molecular weight is 157 g/mol. The largest absolute Gasteiger partial charge is 0.330 e. The topological polar surface area (TPSA) is 26.0 Å². The molecule has 0 heterocycles. The second-order valence-electron chi connectivity index (χ2n) is 3.81. The van der Waals surface area contributed by atoms with E-state index in [0.29, 0.717) is 5.92 Å². The Morgan fingerprint density at radius 2 is 1.55 bits per heavy atom. The zero-order valence-corrected chi connectivity index (χ0v) is 8.27. The summed E-state index contributed by atoms with van der Waals surface area (Å²) >= 11 is 0. The lowest BCUT2D eigenvalue weighted by atomic mass is 9.95. The van der Waals surface area contributed by atoms with Gasteiger partial charge in [0.15, 0.2) is 0 Å². The van der Waals surface area contributed by atoms with E-state index in [1.165, 1.54) is 25.7 Å². The highest BCUT2D eigenvalue weighted by Crippen LogP contribution is 2.15. The molecule has 2 N–H and O–H groups in total. The summed E-state index contributed by atoms with van der Waals surface area (Å²) in [6.45, 7) is 7.67. The molecule has 0 radical (unpaired) electrons. The minimum atomic E-state index is 0.717. The molecule has 0 aromatic carbocycles. The van der Waals surface area contributed by atoms with Crippen LogP contribution in [0.4, 0.5) is 0 Å². The van der Waals surface area contributed by atoms with Gasteiger partial charge in [0.1, 0.15) is 0 Å². The molecule has 68 valence electrons. The summed E-state index contributed by atoms with van der Waals surface area (Å²) in [5.74, 6) is 1.61. The van der Waals surface area contributed by atoms with E-state index < -0.39 is 0 Å². The van der Waals surface area contributed by atoms with E-state index in [4.69, 9.17) is 5.73 Å². The van der Waals surface area contributed by atoms with Crippen LogP contribution in [0.2, 0.25) is 0 Å². The Hall–Kier alpha value is -0.0400. The fourth-order valence-corrected chi connectivity index (χ4v) is 1.32. The van der Waals surface area contributed by atoms with Gasteiger partial charge in [-0.2, -0.15) is 0 Å². The second kappa shape index (κ2) is 6.66. The average Bonchev–Trinajstić information content (AvgIpc) is 2.01. The quantitative estimate of drug-likeness (QED) is 0.630. The van der Waals surface area contributed by atoms with Gasteiger partial charge in [0.05, 0.1) is 0 Å². The summed E-state index contributed by atoms with van der Waals surface area (Å²) in [7, 11) is 0. The highest BCUT2D eigenvalue weighted by molar-refractivity contribution is 4.57. The van der Waals surface area contributed by atoms with E-state index >= 15 is 0 Å². The maximum absolute atomic E-state index is 5.53. The third kappa shape index (κ3) is 6.36. The van der Waals surface area contributed by atoms with E-state index in [2.05, 4.69) is 20.8 Å². The first-order valence-electron chi connectivity index (χ1n) is 4.90. The standard InChI is InChI=1S/C10H23N/c1-4-5-9(2)6-7-10(3)8-11/h9-10H,4-8,11H2,1-3H3. The van der Waals surface area contributed by atoms with Gasteiger partial charge in [-0.15, -0.1) is 0 Å². The molecule has 0 rings (SSSR count). The van der Waals surface area contributed by atoms with E-state index in [1.807, 2.05) is 0 Å². The minimum absolute atomic E-state index is 0.717. The minimum Gasteiger partial charge on any atom is -0.330 e. The maximum atomic E-state index is 5.53. The van der Waals surface area contributed by atoms with Gasteiger partial charge in [-0.1, -0.05) is 40.0 Å². The molecule has 0 amide bonds. The predicted molar refractivity (Wildman–Crippen MR) is 51.5 cm³/mol. The maximum Gasteiger partial charge on any atom is -0.00515 e. The molecule has 0 bridgehead atoms. The van der Waals surface area contributed by atoms with Gasteiger partial charge in [-0.25, -0.2) is 0 Å². The Morgan fingerprint density at radius 3 is 2.00 bits per heavy atom. The van der Waals surface area contributed by atoms with E-state index in [9.17, 15) is 0 Å². The highest BCUT2D eigenvalue weighted by Gasteiger charge is 2.03. The van der Waals surface area contributed by atoms with Crippen molar-refractivity contribution in [2.75, 3.05) is 6.54 Å². The van der Waals surface area contributed by atoms with E-state index in [-0.39, 0.29) is 0 Å². The first-order chi connectivity index (χ1) is 5.20. The Balaban J connectivity index is 3.22. The summed E-state index contributed by atoms with van der Waals surface area (Å²) in [6.07, 6.45) is 5.35. The molecule has 1 nitrogen and oxygen atoms in total. The third-order valence-corrected chi connectivity index (χ3v) is 2.34.